The zero-order chi connectivity index (χ0) is 40.3. The largest absolute Gasteiger partial charge is 0.479 e. The Morgan fingerprint density at radius 3 is 1.51 bits per heavy atom. The fraction of sp³-hybridized carbons (Fsp3) is 0.422. The maximum Gasteiger partial charge on any atom is 0.339 e. The van der Waals surface area contributed by atoms with Crippen LogP contribution < -0.4 is 0 Å². The van der Waals surface area contributed by atoms with E-state index >= 15 is 0 Å². The number of hydrogen-bond acceptors (Lipinski definition) is 7. The summed E-state index contributed by atoms with van der Waals surface area (Å²) in [6.45, 7) is 21.9. The molecule has 2 aliphatic carbocycles. The molecule has 0 amide bonds. The van der Waals surface area contributed by atoms with Crippen LogP contribution in [0.2, 0.25) is 0 Å². The number of aliphatic hydroxyl groups excluding tert-OH is 2. The summed E-state index contributed by atoms with van der Waals surface area (Å²) in [4.78, 5) is 48.6. The summed E-state index contributed by atoms with van der Waals surface area (Å²) < 4.78 is 5.13. The fourth-order valence-corrected chi connectivity index (χ4v) is 6.57. The maximum atomic E-state index is 13.0. The third kappa shape index (κ3) is 13.1. The van der Waals surface area contributed by atoms with Crippen LogP contribution in [0.3, 0.4) is 0 Å². The van der Waals surface area contributed by atoms with Crippen LogP contribution in [0.25, 0.3) is 0 Å². The predicted octanol–water partition coefficient (Wildman–Crippen LogP) is 8.54. The molecular formula is C45H58O8. The third-order valence-electron chi connectivity index (χ3n) is 9.60. The Labute approximate surface area is 315 Å². The number of Topliss-reactive ketones (excluding diaryl/α,β-unsaturated/α-hetero) is 2. The van der Waals surface area contributed by atoms with E-state index in [2.05, 4.69) is 45.1 Å². The van der Waals surface area contributed by atoms with Crippen LogP contribution in [-0.4, -0.2) is 57.1 Å². The highest BCUT2D eigenvalue weighted by molar-refractivity contribution is 6.02. The van der Waals surface area contributed by atoms with Crippen molar-refractivity contribution >= 4 is 23.5 Å². The quantitative estimate of drug-likeness (QED) is 0.120. The number of carbonyl (C=O) groups is 4. The normalized spacial score (nSPS) is 23.4. The van der Waals surface area contributed by atoms with Crippen molar-refractivity contribution in [1.29, 1.82) is 0 Å². The van der Waals surface area contributed by atoms with Crippen molar-refractivity contribution in [3.05, 3.63) is 130 Å². The second-order valence-electron chi connectivity index (χ2n) is 15.4. The highest BCUT2D eigenvalue weighted by atomic mass is 16.6. The first kappa shape index (κ1) is 44.5. The lowest BCUT2D eigenvalue weighted by Gasteiger charge is -2.36. The summed E-state index contributed by atoms with van der Waals surface area (Å²) in [6.07, 6.45) is 23.2. The first-order valence-corrected chi connectivity index (χ1v) is 18.0. The molecule has 0 fully saturated rings. The SMILES string of the molecule is CC1=C(/C=C/C(C)=C/C=C/C(C)=C/C=C/C=C(C)/C=C/C=C(C)/C=C/C2=C(C)C(=O)C(OC(=O)C(O)C(O)C(=O)O)CC2(C)C)C(C)(C)CC(C)C1=O. The van der Waals surface area contributed by atoms with Crippen molar-refractivity contribution in [3.63, 3.8) is 0 Å². The number of rotatable bonds is 14. The molecule has 4 unspecified atom stereocenters. The molecule has 0 spiro atoms. The molecule has 3 N–H and O–H groups in total. The number of carboxylic acids is 1. The van der Waals surface area contributed by atoms with Crippen molar-refractivity contribution in [2.45, 2.75) is 107 Å². The average molecular weight is 727 g/mol. The number of esters is 1. The molecule has 0 aliphatic heterocycles. The van der Waals surface area contributed by atoms with Gasteiger partial charge in [-0.2, -0.15) is 0 Å². The number of carboxylic acid groups (broad SMARTS) is 1. The molecule has 0 bridgehead atoms. The molecule has 2 aliphatic rings. The monoisotopic (exact) mass is 726 g/mol. The first-order valence-electron chi connectivity index (χ1n) is 18.0. The summed E-state index contributed by atoms with van der Waals surface area (Å²) in [5.41, 5.74) is 6.79. The van der Waals surface area contributed by atoms with Crippen molar-refractivity contribution in [3.8, 4) is 0 Å². The summed E-state index contributed by atoms with van der Waals surface area (Å²) in [5, 5.41) is 28.1. The van der Waals surface area contributed by atoms with Gasteiger partial charge in [0.2, 0.25) is 0 Å². The van der Waals surface area contributed by atoms with E-state index < -0.39 is 41.4 Å². The van der Waals surface area contributed by atoms with E-state index in [-0.39, 0.29) is 23.5 Å². The minimum absolute atomic E-state index is 0.0238. The van der Waals surface area contributed by atoms with Crippen LogP contribution in [0.1, 0.15) is 89.0 Å². The molecule has 0 aromatic rings. The Morgan fingerprint density at radius 1 is 0.660 bits per heavy atom. The lowest BCUT2D eigenvalue weighted by molar-refractivity contribution is -0.175. The summed E-state index contributed by atoms with van der Waals surface area (Å²) in [6, 6.07) is 0. The molecule has 0 heterocycles. The van der Waals surface area contributed by atoms with Crippen molar-refractivity contribution in [1.82, 2.24) is 0 Å². The highest BCUT2D eigenvalue weighted by Gasteiger charge is 2.42. The van der Waals surface area contributed by atoms with Gasteiger partial charge in [-0.1, -0.05) is 142 Å². The Morgan fingerprint density at radius 2 is 1.06 bits per heavy atom. The lowest BCUT2D eigenvalue weighted by Crippen LogP contribution is -2.45. The number of allylic oxidation sites excluding steroid dienone is 21. The molecule has 8 heteroatoms. The van der Waals surface area contributed by atoms with E-state index in [1.54, 1.807) is 6.92 Å². The van der Waals surface area contributed by atoms with E-state index in [9.17, 15) is 29.4 Å². The third-order valence-corrected chi connectivity index (χ3v) is 9.60. The van der Waals surface area contributed by atoms with E-state index in [0.717, 1.165) is 45.4 Å². The zero-order valence-corrected chi connectivity index (χ0v) is 33.2. The summed E-state index contributed by atoms with van der Waals surface area (Å²) in [7, 11) is 0. The van der Waals surface area contributed by atoms with Gasteiger partial charge in [0.15, 0.2) is 29.9 Å². The van der Waals surface area contributed by atoms with Crippen LogP contribution in [0.4, 0.5) is 0 Å². The molecule has 0 aromatic heterocycles. The molecule has 8 nitrogen and oxygen atoms in total. The minimum Gasteiger partial charge on any atom is -0.479 e. The molecule has 0 aromatic carbocycles. The van der Waals surface area contributed by atoms with Crippen LogP contribution in [0.15, 0.2) is 130 Å². The van der Waals surface area contributed by atoms with Gasteiger partial charge < -0.3 is 20.1 Å². The van der Waals surface area contributed by atoms with E-state index in [0.29, 0.717) is 5.57 Å². The zero-order valence-electron chi connectivity index (χ0n) is 33.2. The van der Waals surface area contributed by atoms with Crippen LogP contribution in [-0.2, 0) is 23.9 Å². The molecule has 0 saturated heterocycles. The highest BCUT2D eigenvalue weighted by Crippen LogP contribution is 2.42. The number of aliphatic carboxylic acids is 1. The second-order valence-corrected chi connectivity index (χ2v) is 15.4. The minimum atomic E-state index is -2.35. The van der Waals surface area contributed by atoms with Crippen LogP contribution in [0, 0.1) is 16.7 Å². The summed E-state index contributed by atoms with van der Waals surface area (Å²) in [5.74, 6) is -3.26. The molecule has 0 radical (unpaired) electrons. The van der Waals surface area contributed by atoms with E-state index in [4.69, 9.17) is 9.84 Å². The Kier molecular flexibility index (Phi) is 16.3. The van der Waals surface area contributed by atoms with Gasteiger partial charge >= 0.3 is 11.9 Å². The molecular weight excluding hydrogens is 668 g/mol. The predicted molar refractivity (Wildman–Crippen MR) is 212 cm³/mol. The van der Waals surface area contributed by atoms with Crippen molar-refractivity contribution < 1.29 is 39.2 Å². The Bertz CT molecular complexity index is 1770. The van der Waals surface area contributed by atoms with Gasteiger partial charge in [-0.15, -0.1) is 0 Å². The maximum absolute atomic E-state index is 13.0. The number of carbonyl (C=O) groups excluding carboxylic acids is 3. The topological polar surface area (TPSA) is 138 Å². The van der Waals surface area contributed by atoms with E-state index in [1.807, 2.05) is 109 Å². The van der Waals surface area contributed by atoms with Crippen molar-refractivity contribution in [2.75, 3.05) is 0 Å². The van der Waals surface area contributed by atoms with Gasteiger partial charge in [0.25, 0.3) is 0 Å². The molecule has 0 saturated carbocycles. The van der Waals surface area contributed by atoms with E-state index in [1.165, 1.54) is 0 Å². The van der Waals surface area contributed by atoms with Crippen LogP contribution in [0.5, 0.6) is 0 Å². The number of ether oxygens (including phenoxy) is 1. The molecule has 2 rings (SSSR count). The van der Waals surface area contributed by atoms with Gasteiger partial charge in [0.05, 0.1) is 0 Å². The van der Waals surface area contributed by atoms with Gasteiger partial charge in [-0.05, 0) is 81.1 Å². The van der Waals surface area contributed by atoms with Gasteiger partial charge in [-0.25, -0.2) is 9.59 Å². The summed E-state index contributed by atoms with van der Waals surface area (Å²) >= 11 is 0. The number of ketones is 2. The second kappa shape index (κ2) is 19.4. The fourth-order valence-electron chi connectivity index (χ4n) is 6.57. The first-order chi connectivity index (χ1) is 24.6. The van der Waals surface area contributed by atoms with Gasteiger partial charge in [0, 0.05) is 12.3 Å². The smallest absolute Gasteiger partial charge is 0.339 e. The number of hydrogen-bond donors (Lipinski definition) is 3. The molecule has 53 heavy (non-hydrogen) atoms. The van der Waals surface area contributed by atoms with Gasteiger partial charge in [-0.3, -0.25) is 9.59 Å². The molecule has 286 valence electrons. The molecule has 4 atom stereocenters. The lowest BCUT2D eigenvalue weighted by atomic mass is 9.68. The van der Waals surface area contributed by atoms with Crippen LogP contribution >= 0.6 is 0 Å². The van der Waals surface area contributed by atoms with Gasteiger partial charge in [0.1, 0.15) is 0 Å². The standard InChI is InChI=1S/C45H58O8/c1-28(18-14-20-30(3)22-24-35-33(6)38(46)32(5)26-44(35,8)9)16-12-13-17-29(2)19-15-21-31(4)23-25-36-34(7)39(47)37(27-45(36,10)11)53-43(52)41(49)40(48)42(50)51/h12-25,32,37,40-41,48-49H,26-27H2,1-11H3,(H,50,51)/b13-12+,18-14+,19-15+,24-22+,25-23+,28-16+,29-17+,30-20+,31-21+. The van der Waals surface area contributed by atoms with Crippen molar-refractivity contribution in [2.24, 2.45) is 16.7 Å². The number of aliphatic hydroxyl groups is 2. The Balaban J connectivity index is 1.99. The average Bonchev–Trinajstić information content (AvgIpc) is 3.06. The Hall–Kier alpha value is -4.66.